The monoisotopic (exact) mass is 332 g/mol. The molecule has 2 aromatic rings. The minimum atomic E-state index is 0.118. The Bertz CT molecular complexity index is 669. The quantitative estimate of drug-likeness (QED) is 0.864. The molecule has 1 amide bonds. The van der Waals surface area contributed by atoms with Crippen LogP contribution < -0.4 is 4.74 Å². The maximum absolute atomic E-state index is 12.4. The Labute approximate surface area is 139 Å². The number of methoxy groups -OCH3 is 1. The van der Waals surface area contributed by atoms with Crippen LogP contribution in [-0.2, 0) is 16.0 Å². The Kier molecular flexibility index (Phi) is 4.93. The lowest BCUT2D eigenvalue weighted by atomic mass is 10.2. The molecule has 0 bridgehead atoms. The summed E-state index contributed by atoms with van der Waals surface area (Å²) < 4.78 is 10.5. The number of hydrogen-bond acceptors (Lipinski definition) is 5. The van der Waals surface area contributed by atoms with Crippen molar-refractivity contribution in [2.45, 2.75) is 19.4 Å². The van der Waals surface area contributed by atoms with E-state index in [1.54, 1.807) is 18.4 Å². The number of aromatic nitrogens is 1. The second-order valence-electron chi connectivity index (χ2n) is 5.56. The molecule has 1 aliphatic heterocycles. The van der Waals surface area contributed by atoms with E-state index < -0.39 is 0 Å². The zero-order valence-corrected chi connectivity index (χ0v) is 14.1. The average Bonchev–Trinajstić information content (AvgIpc) is 3.03. The Hall–Kier alpha value is -1.92. The third kappa shape index (κ3) is 3.71. The number of ether oxygens (including phenoxy) is 2. The van der Waals surface area contributed by atoms with E-state index in [0.717, 1.165) is 22.0 Å². The van der Waals surface area contributed by atoms with Crippen molar-refractivity contribution in [3.63, 3.8) is 0 Å². The van der Waals surface area contributed by atoms with Crippen LogP contribution >= 0.6 is 11.3 Å². The van der Waals surface area contributed by atoms with Crippen LogP contribution in [0.25, 0.3) is 10.6 Å². The van der Waals surface area contributed by atoms with Gasteiger partial charge in [-0.15, -0.1) is 11.3 Å². The highest BCUT2D eigenvalue weighted by atomic mass is 32.1. The van der Waals surface area contributed by atoms with E-state index in [9.17, 15) is 4.79 Å². The molecular formula is C17H20N2O3S. The predicted octanol–water partition coefficient (Wildman–Crippen LogP) is 2.61. The van der Waals surface area contributed by atoms with E-state index in [0.29, 0.717) is 26.2 Å². The Balaban J connectivity index is 1.67. The highest BCUT2D eigenvalue weighted by Gasteiger charge is 2.24. The fraction of sp³-hybridized carbons (Fsp3) is 0.412. The molecular weight excluding hydrogens is 312 g/mol. The van der Waals surface area contributed by atoms with Gasteiger partial charge in [-0.3, -0.25) is 4.79 Å². The van der Waals surface area contributed by atoms with E-state index in [-0.39, 0.29) is 11.9 Å². The standard InChI is InChI=1S/C17H20N2O3S/c1-12-10-22-8-7-19(12)16(20)9-14-11-23-17(18-14)13-3-5-15(21-2)6-4-13/h3-6,11-12H,7-10H2,1-2H3/t12-/m1/s1. The molecule has 2 heterocycles. The number of carbonyl (C=O) groups is 1. The fourth-order valence-corrected chi connectivity index (χ4v) is 3.43. The molecule has 1 aromatic heterocycles. The number of nitrogens with zero attached hydrogens (tertiary/aromatic N) is 2. The first-order chi connectivity index (χ1) is 11.2. The molecule has 1 aromatic carbocycles. The lowest BCUT2D eigenvalue weighted by molar-refractivity contribution is -0.138. The van der Waals surface area contributed by atoms with Crippen molar-refractivity contribution in [3.8, 4) is 16.3 Å². The Morgan fingerprint density at radius 3 is 2.91 bits per heavy atom. The van der Waals surface area contributed by atoms with E-state index >= 15 is 0 Å². The van der Waals surface area contributed by atoms with Gasteiger partial charge in [0, 0.05) is 17.5 Å². The lowest BCUT2D eigenvalue weighted by Crippen LogP contribution is -2.47. The molecule has 23 heavy (non-hydrogen) atoms. The van der Waals surface area contributed by atoms with Gasteiger partial charge in [0.05, 0.1) is 38.5 Å². The second kappa shape index (κ2) is 7.10. The van der Waals surface area contributed by atoms with Crippen molar-refractivity contribution < 1.29 is 14.3 Å². The summed E-state index contributed by atoms with van der Waals surface area (Å²) in [4.78, 5) is 18.9. The van der Waals surface area contributed by atoms with E-state index in [1.165, 1.54) is 0 Å². The van der Waals surface area contributed by atoms with Crippen molar-refractivity contribution >= 4 is 17.2 Å². The topological polar surface area (TPSA) is 51.7 Å². The molecule has 0 spiro atoms. The van der Waals surface area contributed by atoms with Crippen LogP contribution in [-0.4, -0.2) is 48.7 Å². The smallest absolute Gasteiger partial charge is 0.229 e. The highest BCUT2D eigenvalue weighted by molar-refractivity contribution is 7.13. The van der Waals surface area contributed by atoms with Crippen LogP contribution in [0, 0.1) is 0 Å². The molecule has 0 unspecified atom stereocenters. The summed E-state index contributed by atoms with van der Waals surface area (Å²) in [6, 6.07) is 7.92. The average molecular weight is 332 g/mol. The molecule has 1 atom stereocenters. The number of amides is 1. The molecule has 5 nitrogen and oxygen atoms in total. The van der Waals surface area contributed by atoms with Gasteiger partial charge < -0.3 is 14.4 Å². The number of benzene rings is 1. The van der Waals surface area contributed by atoms with Gasteiger partial charge in [-0.05, 0) is 31.2 Å². The van der Waals surface area contributed by atoms with Gasteiger partial charge in [0.25, 0.3) is 0 Å². The predicted molar refractivity (Wildman–Crippen MR) is 89.8 cm³/mol. The molecule has 122 valence electrons. The number of hydrogen-bond donors (Lipinski definition) is 0. The number of morpholine rings is 1. The third-order valence-electron chi connectivity index (χ3n) is 3.91. The highest BCUT2D eigenvalue weighted by Crippen LogP contribution is 2.26. The van der Waals surface area contributed by atoms with E-state index in [1.807, 2.05) is 41.5 Å². The second-order valence-corrected chi connectivity index (χ2v) is 6.42. The maximum atomic E-state index is 12.4. The van der Waals surface area contributed by atoms with Crippen LogP contribution in [0.4, 0.5) is 0 Å². The zero-order chi connectivity index (χ0) is 16.2. The van der Waals surface area contributed by atoms with E-state index in [2.05, 4.69) is 4.98 Å². The first-order valence-electron chi connectivity index (χ1n) is 7.63. The summed E-state index contributed by atoms with van der Waals surface area (Å²) in [5.74, 6) is 0.939. The SMILES string of the molecule is COc1ccc(-c2nc(CC(=O)N3CCOC[C@H]3C)cs2)cc1. The molecule has 1 fully saturated rings. The molecule has 0 radical (unpaired) electrons. The summed E-state index contributed by atoms with van der Waals surface area (Å²) >= 11 is 1.56. The van der Waals surface area contributed by atoms with Crippen LogP contribution in [0.15, 0.2) is 29.6 Å². The zero-order valence-electron chi connectivity index (χ0n) is 13.3. The Morgan fingerprint density at radius 1 is 1.43 bits per heavy atom. The van der Waals surface area contributed by atoms with Crippen LogP contribution in [0.1, 0.15) is 12.6 Å². The molecule has 0 saturated carbocycles. The van der Waals surface area contributed by atoms with Crippen molar-refractivity contribution in [3.05, 3.63) is 35.3 Å². The number of thiazole rings is 1. The summed E-state index contributed by atoms with van der Waals surface area (Å²) in [5.41, 5.74) is 1.86. The maximum Gasteiger partial charge on any atom is 0.229 e. The molecule has 1 aliphatic rings. The molecule has 0 N–H and O–H groups in total. The van der Waals surface area contributed by atoms with Crippen LogP contribution in [0.2, 0.25) is 0 Å². The van der Waals surface area contributed by atoms with Gasteiger partial charge in [0.2, 0.25) is 5.91 Å². The van der Waals surface area contributed by atoms with E-state index in [4.69, 9.17) is 9.47 Å². The lowest BCUT2D eigenvalue weighted by Gasteiger charge is -2.33. The minimum Gasteiger partial charge on any atom is -0.497 e. The number of rotatable bonds is 4. The van der Waals surface area contributed by atoms with Crippen molar-refractivity contribution in [2.75, 3.05) is 26.9 Å². The summed E-state index contributed by atoms with van der Waals surface area (Å²) in [7, 11) is 1.65. The van der Waals surface area contributed by atoms with Crippen molar-refractivity contribution in [2.24, 2.45) is 0 Å². The van der Waals surface area contributed by atoms with Crippen molar-refractivity contribution in [1.29, 1.82) is 0 Å². The largest absolute Gasteiger partial charge is 0.497 e. The summed E-state index contributed by atoms with van der Waals surface area (Å²) in [5, 5.41) is 2.88. The molecule has 1 saturated heterocycles. The molecule has 3 rings (SSSR count). The van der Waals surface area contributed by atoms with Crippen molar-refractivity contribution in [1.82, 2.24) is 9.88 Å². The first-order valence-corrected chi connectivity index (χ1v) is 8.51. The fourth-order valence-electron chi connectivity index (χ4n) is 2.61. The first kappa shape index (κ1) is 16.0. The molecule has 0 aliphatic carbocycles. The normalized spacial score (nSPS) is 18.0. The van der Waals surface area contributed by atoms with Gasteiger partial charge in [0.1, 0.15) is 10.8 Å². The van der Waals surface area contributed by atoms with Crippen LogP contribution in [0.3, 0.4) is 0 Å². The Morgan fingerprint density at radius 2 is 2.22 bits per heavy atom. The van der Waals surface area contributed by atoms with Gasteiger partial charge >= 0.3 is 0 Å². The number of carbonyl (C=O) groups excluding carboxylic acids is 1. The van der Waals surface area contributed by atoms with Gasteiger partial charge in [-0.25, -0.2) is 4.98 Å². The summed E-state index contributed by atoms with van der Waals surface area (Å²) in [6.07, 6.45) is 0.344. The molecule has 6 heteroatoms. The van der Waals surface area contributed by atoms with Gasteiger partial charge in [0.15, 0.2) is 0 Å². The van der Waals surface area contributed by atoms with Crippen LogP contribution in [0.5, 0.6) is 5.75 Å². The van der Waals surface area contributed by atoms with Gasteiger partial charge in [-0.1, -0.05) is 0 Å². The summed E-state index contributed by atoms with van der Waals surface area (Å²) in [6.45, 7) is 3.90. The third-order valence-corrected chi connectivity index (χ3v) is 4.85. The minimum absolute atomic E-state index is 0.118. The van der Waals surface area contributed by atoms with Gasteiger partial charge in [-0.2, -0.15) is 0 Å².